The summed E-state index contributed by atoms with van der Waals surface area (Å²) in [4.78, 5) is 16.7. The zero-order valence-electron chi connectivity index (χ0n) is 17.1. The van der Waals surface area contributed by atoms with Crippen molar-refractivity contribution in [1.82, 2.24) is 10.1 Å². The molecule has 0 spiro atoms. The first-order valence-corrected chi connectivity index (χ1v) is 9.45. The highest BCUT2D eigenvalue weighted by atomic mass is 16.5. The minimum atomic E-state index is -0.172. The monoisotopic (exact) mass is 395 g/mol. The van der Waals surface area contributed by atoms with Crippen molar-refractivity contribution in [3.8, 4) is 22.9 Å². The Balaban J connectivity index is 1.59. The third-order valence-electron chi connectivity index (χ3n) is 4.55. The number of nitrogens with zero attached hydrogens (tertiary/aromatic N) is 2. The van der Waals surface area contributed by atoms with Crippen LogP contribution in [0.3, 0.4) is 0 Å². The van der Waals surface area contributed by atoms with Gasteiger partial charge in [0.25, 0.3) is 0 Å². The summed E-state index contributed by atoms with van der Waals surface area (Å²) in [5.41, 5.74) is 2.72. The molecule has 0 radical (unpaired) electrons. The number of hydrogen-bond acceptors (Lipinski definition) is 6. The largest absolute Gasteiger partial charge is 0.497 e. The molecule has 1 aromatic heterocycles. The van der Waals surface area contributed by atoms with E-state index in [4.69, 9.17) is 14.0 Å². The fourth-order valence-electron chi connectivity index (χ4n) is 2.83. The number of anilines is 1. The predicted molar refractivity (Wildman–Crippen MR) is 110 cm³/mol. The molecular formula is C22H25N3O4. The fraction of sp³-hybridized carbons (Fsp3) is 0.318. The van der Waals surface area contributed by atoms with Crippen LogP contribution in [-0.2, 0) is 11.2 Å². The third-order valence-corrected chi connectivity index (χ3v) is 4.55. The summed E-state index contributed by atoms with van der Waals surface area (Å²) in [6.07, 6.45) is 0.560. The molecule has 152 valence electrons. The number of benzene rings is 2. The lowest BCUT2D eigenvalue weighted by molar-refractivity contribution is -0.116. The summed E-state index contributed by atoms with van der Waals surface area (Å²) in [5.74, 6) is 2.42. The Morgan fingerprint density at radius 1 is 1.10 bits per heavy atom. The Bertz CT molecular complexity index is 964. The molecule has 1 N–H and O–H groups in total. The van der Waals surface area contributed by atoms with Crippen LogP contribution in [0, 0.1) is 0 Å². The highest BCUT2D eigenvalue weighted by Gasteiger charge is 2.13. The minimum Gasteiger partial charge on any atom is -0.497 e. The highest BCUT2D eigenvalue weighted by molar-refractivity contribution is 5.92. The van der Waals surface area contributed by atoms with E-state index < -0.39 is 0 Å². The van der Waals surface area contributed by atoms with Gasteiger partial charge in [0.2, 0.25) is 17.6 Å². The second kappa shape index (κ2) is 9.23. The molecule has 0 saturated carbocycles. The van der Waals surface area contributed by atoms with Gasteiger partial charge in [-0.05, 0) is 23.6 Å². The van der Waals surface area contributed by atoms with Crippen LogP contribution >= 0.6 is 0 Å². The van der Waals surface area contributed by atoms with Crippen LogP contribution in [0.5, 0.6) is 11.5 Å². The number of hydrogen-bond donors (Lipinski definition) is 1. The fourth-order valence-corrected chi connectivity index (χ4v) is 2.83. The van der Waals surface area contributed by atoms with Crippen molar-refractivity contribution in [3.05, 3.63) is 53.9 Å². The molecule has 7 heteroatoms. The zero-order chi connectivity index (χ0) is 20.8. The number of ether oxygens (including phenoxy) is 2. The Hall–Kier alpha value is -3.35. The van der Waals surface area contributed by atoms with Gasteiger partial charge in [-0.1, -0.05) is 43.3 Å². The first-order valence-electron chi connectivity index (χ1n) is 9.45. The summed E-state index contributed by atoms with van der Waals surface area (Å²) >= 11 is 0. The smallest absolute Gasteiger partial charge is 0.227 e. The molecule has 0 atom stereocenters. The van der Waals surface area contributed by atoms with Gasteiger partial charge in [0.15, 0.2) is 0 Å². The van der Waals surface area contributed by atoms with Gasteiger partial charge in [0, 0.05) is 24.5 Å². The van der Waals surface area contributed by atoms with Crippen LogP contribution in [0.15, 0.2) is 47.0 Å². The third kappa shape index (κ3) is 5.13. The topological polar surface area (TPSA) is 86.5 Å². The lowest BCUT2D eigenvalue weighted by Gasteiger charge is -2.11. The van der Waals surface area contributed by atoms with Crippen LogP contribution in [0.1, 0.15) is 37.6 Å². The molecule has 0 bridgehead atoms. The van der Waals surface area contributed by atoms with E-state index in [2.05, 4.69) is 41.4 Å². The van der Waals surface area contributed by atoms with Crippen LogP contribution < -0.4 is 14.8 Å². The van der Waals surface area contributed by atoms with Gasteiger partial charge >= 0.3 is 0 Å². The molecule has 1 amide bonds. The van der Waals surface area contributed by atoms with Crippen molar-refractivity contribution in [2.75, 3.05) is 19.5 Å². The van der Waals surface area contributed by atoms with Crippen molar-refractivity contribution >= 4 is 11.6 Å². The van der Waals surface area contributed by atoms with E-state index in [0.717, 1.165) is 5.56 Å². The van der Waals surface area contributed by atoms with Gasteiger partial charge in [-0.2, -0.15) is 4.98 Å². The normalized spacial score (nSPS) is 10.8. The quantitative estimate of drug-likeness (QED) is 0.606. The molecule has 3 aromatic rings. The minimum absolute atomic E-state index is 0.172. The molecule has 0 aliphatic carbocycles. The van der Waals surface area contributed by atoms with E-state index in [9.17, 15) is 4.79 Å². The second-order valence-corrected chi connectivity index (χ2v) is 6.90. The van der Waals surface area contributed by atoms with E-state index in [0.29, 0.717) is 41.2 Å². The van der Waals surface area contributed by atoms with Gasteiger partial charge in [0.05, 0.1) is 19.9 Å². The number of amides is 1. The Kier molecular flexibility index (Phi) is 6.49. The maximum Gasteiger partial charge on any atom is 0.227 e. The van der Waals surface area contributed by atoms with Crippen LogP contribution in [0.25, 0.3) is 11.4 Å². The van der Waals surface area contributed by atoms with E-state index in [-0.39, 0.29) is 12.3 Å². The molecule has 0 aliphatic heterocycles. The second-order valence-electron chi connectivity index (χ2n) is 6.90. The lowest BCUT2D eigenvalue weighted by Crippen LogP contribution is -2.13. The number of nitrogens with one attached hydrogen (secondary N) is 1. The Labute approximate surface area is 170 Å². The first-order chi connectivity index (χ1) is 14.0. The predicted octanol–water partition coefficient (Wildman–Crippen LogP) is 4.45. The first kappa shape index (κ1) is 20.4. The van der Waals surface area contributed by atoms with Crippen molar-refractivity contribution < 1.29 is 18.8 Å². The van der Waals surface area contributed by atoms with E-state index in [1.165, 1.54) is 12.7 Å². The lowest BCUT2D eigenvalue weighted by atomic mass is 10.0. The van der Waals surface area contributed by atoms with Crippen LogP contribution in [0.2, 0.25) is 0 Å². The van der Waals surface area contributed by atoms with Crippen molar-refractivity contribution in [2.45, 2.75) is 32.6 Å². The molecule has 1 heterocycles. The number of aromatic nitrogens is 2. The summed E-state index contributed by atoms with van der Waals surface area (Å²) in [6.45, 7) is 4.29. The molecule has 0 fully saturated rings. The van der Waals surface area contributed by atoms with Crippen molar-refractivity contribution in [1.29, 1.82) is 0 Å². The van der Waals surface area contributed by atoms with Gasteiger partial charge in [-0.25, -0.2) is 0 Å². The van der Waals surface area contributed by atoms with Gasteiger partial charge < -0.3 is 19.3 Å². The summed E-state index contributed by atoms with van der Waals surface area (Å²) < 4.78 is 15.7. The van der Waals surface area contributed by atoms with E-state index in [1.54, 1.807) is 25.3 Å². The number of aryl methyl sites for hydroxylation is 1. The molecular weight excluding hydrogens is 370 g/mol. The van der Waals surface area contributed by atoms with E-state index >= 15 is 0 Å². The summed E-state index contributed by atoms with van der Waals surface area (Å²) in [7, 11) is 3.11. The van der Waals surface area contributed by atoms with Crippen molar-refractivity contribution in [3.63, 3.8) is 0 Å². The number of rotatable bonds is 8. The maximum atomic E-state index is 12.3. The van der Waals surface area contributed by atoms with E-state index in [1.807, 2.05) is 12.1 Å². The average Bonchev–Trinajstić information content (AvgIpc) is 3.21. The van der Waals surface area contributed by atoms with Crippen LogP contribution in [0.4, 0.5) is 5.69 Å². The van der Waals surface area contributed by atoms with Gasteiger partial charge in [-0.15, -0.1) is 0 Å². The SMILES string of the molecule is COc1ccc(NC(=O)CCc2nc(-c3ccc(C(C)C)cc3)no2)c(OC)c1. The van der Waals surface area contributed by atoms with Crippen molar-refractivity contribution in [2.24, 2.45) is 0 Å². The molecule has 7 nitrogen and oxygen atoms in total. The Morgan fingerprint density at radius 3 is 2.52 bits per heavy atom. The molecule has 0 saturated heterocycles. The highest BCUT2D eigenvalue weighted by Crippen LogP contribution is 2.29. The van der Waals surface area contributed by atoms with Gasteiger partial charge in [-0.3, -0.25) is 4.79 Å². The molecule has 3 rings (SSSR count). The average molecular weight is 395 g/mol. The number of carbonyl (C=O) groups is 1. The van der Waals surface area contributed by atoms with Crippen LogP contribution in [-0.4, -0.2) is 30.3 Å². The van der Waals surface area contributed by atoms with Gasteiger partial charge in [0.1, 0.15) is 11.5 Å². The molecule has 29 heavy (non-hydrogen) atoms. The molecule has 0 unspecified atom stereocenters. The zero-order valence-corrected chi connectivity index (χ0v) is 17.1. The maximum absolute atomic E-state index is 12.3. The summed E-state index contributed by atoms with van der Waals surface area (Å²) in [6, 6.07) is 13.3. The standard InChI is InChI=1S/C22H25N3O4/c1-14(2)15-5-7-16(8-6-15)22-24-21(29-25-22)12-11-20(26)23-18-10-9-17(27-3)13-19(18)28-4/h5-10,13-14H,11-12H2,1-4H3,(H,23,26). The molecule has 0 aliphatic rings. The Morgan fingerprint density at radius 2 is 1.86 bits per heavy atom. The molecule has 2 aromatic carbocycles. The number of carbonyl (C=O) groups excluding carboxylic acids is 1. The summed E-state index contributed by atoms with van der Waals surface area (Å²) in [5, 5.41) is 6.85. The number of methoxy groups -OCH3 is 2.